The quantitative estimate of drug-likeness (QED) is 0.419. The van der Waals surface area contributed by atoms with Crippen molar-refractivity contribution in [1.29, 1.82) is 0 Å². The van der Waals surface area contributed by atoms with Gasteiger partial charge in [-0.3, -0.25) is 14.9 Å². The predicted molar refractivity (Wildman–Crippen MR) is 129 cm³/mol. The third-order valence-corrected chi connectivity index (χ3v) is 5.77. The molecule has 0 spiro atoms. The van der Waals surface area contributed by atoms with Gasteiger partial charge < -0.3 is 9.64 Å². The molecule has 35 heavy (non-hydrogen) atoms. The van der Waals surface area contributed by atoms with Crippen molar-refractivity contribution >= 4 is 17.9 Å². The Labute approximate surface area is 201 Å². The minimum atomic E-state index is -0.457. The highest BCUT2D eigenvalue weighted by atomic mass is 16.5. The molecule has 0 bridgehead atoms. The monoisotopic (exact) mass is 466 g/mol. The highest BCUT2D eigenvalue weighted by molar-refractivity contribution is 6.10. The SMILES string of the molecule is COc1ccc(C(=O)NC(=O)c2ccc3c(c2)CN(Cc2ccc(-c4nn[nH]n4)cc2)C=C3)cc1. The van der Waals surface area contributed by atoms with E-state index in [0.717, 1.165) is 22.3 Å². The Bertz CT molecular complexity index is 1380. The van der Waals surface area contributed by atoms with Crippen LogP contribution in [0, 0.1) is 0 Å². The van der Waals surface area contributed by atoms with Gasteiger partial charge in [0.15, 0.2) is 0 Å². The molecule has 174 valence electrons. The summed E-state index contributed by atoms with van der Waals surface area (Å²) in [6.45, 7) is 1.35. The van der Waals surface area contributed by atoms with Gasteiger partial charge in [-0.25, -0.2) is 0 Å². The molecule has 2 heterocycles. The Kier molecular flexibility index (Phi) is 6.04. The zero-order valence-electron chi connectivity index (χ0n) is 18.9. The number of tetrazole rings is 1. The van der Waals surface area contributed by atoms with Crippen LogP contribution in [0.5, 0.6) is 5.75 Å². The molecule has 0 saturated carbocycles. The molecule has 9 heteroatoms. The molecule has 3 aromatic carbocycles. The van der Waals surface area contributed by atoms with Crippen LogP contribution >= 0.6 is 0 Å². The second kappa shape index (κ2) is 9.60. The van der Waals surface area contributed by atoms with E-state index in [4.69, 9.17) is 4.74 Å². The summed E-state index contributed by atoms with van der Waals surface area (Å²) >= 11 is 0. The number of H-pyrrole nitrogens is 1. The molecule has 4 aromatic rings. The number of hydrogen-bond acceptors (Lipinski definition) is 7. The van der Waals surface area contributed by atoms with E-state index in [1.165, 1.54) is 0 Å². The molecule has 0 atom stereocenters. The van der Waals surface area contributed by atoms with Crippen molar-refractivity contribution in [3.8, 4) is 17.1 Å². The van der Waals surface area contributed by atoms with Crippen LogP contribution in [0.25, 0.3) is 17.5 Å². The zero-order valence-corrected chi connectivity index (χ0v) is 18.9. The Morgan fingerprint density at radius 1 is 1.00 bits per heavy atom. The number of benzene rings is 3. The lowest BCUT2D eigenvalue weighted by atomic mass is 10.00. The summed E-state index contributed by atoms with van der Waals surface area (Å²) in [5.74, 6) is 0.302. The minimum absolute atomic E-state index is 0.386. The van der Waals surface area contributed by atoms with Crippen LogP contribution < -0.4 is 10.1 Å². The largest absolute Gasteiger partial charge is 0.497 e. The van der Waals surface area contributed by atoms with Gasteiger partial charge in [0.2, 0.25) is 5.82 Å². The standard InChI is InChI=1S/C26H22N6O3/c1-35-23-10-8-20(9-11-23)25(33)27-26(34)21-7-6-18-12-13-32(16-22(18)14-21)15-17-2-4-19(5-3-17)24-28-30-31-29-24/h2-14H,15-16H2,1H3,(H,27,33,34)(H,28,29,30,31). The van der Waals surface area contributed by atoms with Crippen molar-refractivity contribution in [1.82, 2.24) is 30.8 Å². The van der Waals surface area contributed by atoms with Crippen LogP contribution in [0.2, 0.25) is 0 Å². The van der Waals surface area contributed by atoms with Crippen LogP contribution in [0.4, 0.5) is 0 Å². The lowest BCUT2D eigenvalue weighted by Gasteiger charge is -2.26. The number of imide groups is 1. The van der Waals surface area contributed by atoms with Crippen molar-refractivity contribution in [2.45, 2.75) is 13.1 Å². The maximum atomic E-state index is 12.7. The number of hydrogen-bond donors (Lipinski definition) is 2. The van der Waals surface area contributed by atoms with Gasteiger partial charge in [0.05, 0.1) is 7.11 Å². The van der Waals surface area contributed by atoms with Crippen LogP contribution in [0.3, 0.4) is 0 Å². The number of nitrogens with one attached hydrogen (secondary N) is 2. The first-order valence-corrected chi connectivity index (χ1v) is 11.0. The Balaban J connectivity index is 1.24. The number of rotatable bonds is 6. The Hall–Kier alpha value is -4.79. The normalized spacial score (nSPS) is 12.2. The van der Waals surface area contributed by atoms with Crippen LogP contribution in [0.1, 0.15) is 37.4 Å². The maximum Gasteiger partial charge on any atom is 0.258 e. The first-order chi connectivity index (χ1) is 17.1. The topological polar surface area (TPSA) is 113 Å². The summed E-state index contributed by atoms with van der Waals surface area (Å²) in [7, 11) is 1.55. The Morgan fingerprint density at radius 3 is 2.46 bits per heavy atom. The first kappa shape index (κ1) is 22.0. The molecule has 9 nitrogen and oxygen atoms in total. The van der Waals surface area contributed by atoms with Gasteiger partial charge in [-0.1, -0.05) is 30.3 Å². The summed E-state index contributed by atoms with van der Waals surface area (Å²) in [6.07, 6.45) is 4.07. The molecule has 1 aliphatic rings. The highest BCUT2D eigenvalue weighted by Gasteiger charge is 2.17. The predicted octanol–water partition coefficient (Wildman–Crippen LogP) is 3.43. The number of methoxy groups -OCH3 is 1. The van der Waals surface area contributed by atoms with Gasteiger partial charge in [-0.15, -0.1) is 10.2 Å². The fourth-order valence-electron chi connectivity index (χ4n) is 3.88. The summed E-state index contributed by atoms with van der Waals surface area (Å²) < 4.78 is 5.10. The lowest BCUT2D eigenvalue weighted by molar-refractivity contribution is 0.0849. The number of amides is 2. The number of ether oxygens (including phenoxy) is 1. The molecule has 0 radical (unpaired) electrons. The molecule has 1 aliphatic heterocycles. The van der Waals surface area contributed by atoms with E-state index in [2.05, 4.69) is 30.8 Å². The van der Waals surface area contributed by atoms with Crippen LogP contribution in [0.15, 0.2) is 72.9 Å². The molecule has 0 aliphatic carbocycles. The van der Waals surface area contributed by atoms with Crippen molar-refractivity contribution in [2.75, 3.05) is 7.11 Å². The van der Waals surface area contributed by atoms with Gasteiger partial charge >= 0.3 is 0 Å². The van der Waals surface area contributed by atoms with Gasteiger partial charge in [0.25, 0.3) is 11.8 Å². The highest BCUT2D eigenvalue weighted by Crippen LogP contribution is 2.23. The maximum absolute atomic E-state index is 12.7. The number of carbonyl (C=O) groups excluding carboxylic acids is 2. The van der Waals surface area contributed by atoms with Crippen molar-refractivity contribution in [2.24, 2.45) is 0 Å². The number of nitrogens with zero attached hydrogens (tertiary/aromatic N) is 4. The smallest absolute Gasteiger partial charge is 0.258 e. The molecular formula is C26H22N6O3. The summed E-state index contributed by atoms with van der Waals surface area (Å²) in [4.78, 5) is 27.4. The molecule has 2 N–H and O–H groups in total. The second-order valence-electron chi connectivity index (χ2n) is 8.08. The van der Waals surface area contributed by atoms with Gasteiger partial charge in [-0.05, 0) is 64.4 Å². The van der Waals surface area contributed by atoms with E-state index < -0.39 is 11.8 Å². The first-order valence-electron chi connectivity index (χ1n) is 11.0. The number of aromatic amines is 1. The van der Waals surface area contributed by atoms with E-state index in [-0.39, 0.29) is 0 Å². The molecule has 0 unspecified atom stereocenters. The second-order valence-corrected chi connectivity index (χ2v) is 8.08. The van der Waals surface area contributed by atoms with Crippen molar-refractivity contribution < 1.29 is 14.3 Å². The fraction of sp³-hybridized carbons (Fsp3) is 0.115. The minimum Gasteiger partial charge on any atom is -0.497 e. The zero-order chi connectivity index (χ0) is 24.2. The van der Waals surface area contributed by atoms with E-state index in [1.54, 1.807) is 37.4 Å². The van der Waals surface area contributed by atoms with E-state index >= 15 is 0 Å². The fourth-order valence-corrected chi connectivity index (χ4v) is 3.88. The molecule has 2 amide bonds. The molecule has 5 rings (SSSR count). The van der Waals surface area contributed by atoms with Crippen LogP contribution in [-0.2, 0) is 13.1 Å². The van der Waals surface area contributed by atoms with Gasteiger partial charge in [0, 0.05) is 36.0 Å². The summed E-state index contributed by atoms with van der Waals surface area (Å²) in [5, 5.41) is 16.5. The number of fused-ring (bicyclic) bond motifs is 1. The van der Waals surface area contributed by atoms with E-state index in [0.29, 0.717) is 35.8 Å². The summed E-state index contributed by atoms with van der Waals surface area (Å²) in [6, 6.07) is 20.0. The third kappa shape index (κ3) is 4.93. The number of carbonyl (C=O) groups is 2. The van der Waals surface area contributed by atoms with Crippen LogP contribution in [-0.4, -0.2) is 44.4 Å². The van der Waals surface area contributed by atoms with Crippen molar-refractivity contribution in [3.63, 3.8) is 0 Å². The average molecular weight is 467 g/mol. The van der Waals surface area contributed by atoms with E-state index in [9.17, 15) is 9.59 Å². The lowest BCUT2D eigenvalue weighted by Crippen LogP contribution is -2.30. The molecule has 1 aromatic heterocycles. The van der Waals surface area contributed by atoms with Gasteiger partial charge in [0.1, 0.15) is 5.75 Å². The van der Waals surface area contributed by atoms with Gasteiger partial charge in [-0.2, -0.15) is 5.21 Å². The average Bonchev–Trinajstić information content (AvgIpc) is 3.44. The Morgan fingerprint density at radius 2 is 1.74 bits per heavy atom. The number of aromatic nitrogens is 4. The van der Waals surface area contributed by atoms with Crippen molar-refractivity contribution in [3.05, 3.63) is 101 Å². The molecule has 0 saturated heterocycles. The van der Waals surface area contributed by atoms with E-state index in [1.807, 2.05) is 48.7 Å². The molecular weight excluding hydrogens is 444 g/mol. The molecule has 0 fully saturated rings. The summed E-state index contributed by atoms with van der Waals surface area (Å²) in [5.41, 5.74) is 4.90. The third-order valence-electron chi connectivity index (χ3n) is 5.77.